The molecule has 1 amide bonds. The second-order valence-electron chi connectivity index (χ2n) is 6.79. The quantitative estimate of drug-likeness (QED) is 0.321. The fraction of sp³-hybridized carbons (Fsp3) is 0.300. The Balaban J connectivity index is 2.12. The smallest absolute Gasteiger partial charge is 0.274 e. The molecule has 0 saturated carbocycles. The Bertz CT molecular complexity index is 934. The molecule has 0 radical (unpaired) electrons. The van der Waals surface area contributed by atoms with Crippen molar-refractivity contribution >= 4 is 50.5 Å². The van der Waals surface area contributed by atoms with Crippen LogP contribution in [0.15, 0.2) is 40.9 Å². The van der Waals surface area contributed by atoms with Crippen molar-refractivity contribution in [2.75, 3.05) is 11.9 Å². The molecule has 2 N–H and O–H groups in total. The van der Waals surface area contributed by atoms with Crippen molar-refractivity contribution < 1.29 is 14.5 Å². The molecule has 0 atom stereocenters. The molecule has 0 spiro atoms. The number of amides is 1. The molecular weight excluding hydrogens is 458 g/mol. The molecule has 154 valence electrons. The first-order valence-corrected chi connectivity index (χ1v) is 10.2. The maximum Gasteiger partial charge on any atom is 0.274 e. The number of benzene rings is 2. The zero-order valence-electron chi connectivity index (χ0n) is 16.3. The fourth-order valence-electron chi connectivity index (χ4n) is 2.49. The average molecular weight is 480 g/mol. The van der Waals surface area contributed by atoms with Gasteiger partial charge < -0.3 is 10.1 Å². The molecule has 0 aliphatic heterocycles. The number of nitrogens with zero attached hydrogens (tertiary/aromatic N) is 1. The second-order valence-corrected chi connectivity index (χ2v) is 8.11. The van der Waals surface area contributed by atoms with Crippen LogP contribution in [0.1, 0.15) is 36.2 Å². The molecule has 9 heteroatoms. The Morgan fingerprint density at radius 3 is 2.69 bits per heavy atom. The summed E-state index contributed by atoms with van der Waals surface area (Å²) in [5.74, 6) is 0.504. The highest BCUT2D eigenvalue weighted by atomic mass is 79.9. The Hall–Kier alpha value is -2.52. The van der Waals surface area contributed by atoms with Crippen LogP contribution in [0.3, 0.4) is 0 Å². The highest BCUT2D eigenvalue weighted by Crippen LogP contribution is 2.26. The molecule has 29 heavy (non-hydrogen) atoms. The van der Waals surface area contributed by atoms with Crippen LogP contribution in [-0.2, 0) is 0 Å². The summed E-state index contributed by atoms with van der Waals surface area (Å²) in [7, 11) is 0. The number of nitrogens with one attached hydrogen (secondary N) is 2. The zero-order valence-corrected chi connectivity index (χ0v) is 18.7. The molecule has 2 aromatic carbocycles. The summed E-state index contributed by atoms with van der Waals surface area (Å²) in [6.07, 6.45) is 0.864. The summed E-state index contributed by atoms with van der Waals surface area (Å²) < 4.78 is 6.49. The van der Waals surface area contributed by atoms with Crippen LogP contribution in [0.4, 0.5) is 11.4 Å². The van der Waals surface area contributed by atoms with E-state index >= 15 is 0 Å². The molecule has 0 saturated heterocycles. The maximum absolute atomic E-state index is 12.7. The molecule has 0 fully saturated rings. The Morgan fingerprint density at radius 2 is 2.03 bits per heavy atom. The average Bonchev–Trinajstić information content (AvgIpc) is 2.64. The minimum absolute atomic E-state index is 0.0306. The zero-order chi connectivity index (χ0) is 21.6. The molecule has 7 nitrogen and oxygen atoms in total. The van der Waals surface area contributed by atoms with E-state index in [9.17, 15) is 14.9 Å². The largest absolute Gasteiger partial charge is 0.493 e. The van der Waals surface area contributed by atoms with Gasteiger partial charge in [-0.15, -0.1) is 0 Å². The van der Waals surface area contributed by atoms with Crippen molar-refractivity contribution in [3.05, 3.63) is 62.1 Å². The first-order valence-electron chi connectivity index (χ1n) is 8.97. The van der Waals surface area contributed by atoms with Gasteiger partial charge in [0.15, 0.2) is 5.11 Å². The number of hydrogen-bond donors (Lipinski definition) is 2. The van der Waals surface area contributed by atoms with Gasteiger partial charge in [0.05, 0.1) is 28.3 Å². The van der Waals surface area contributed by atoms with E-state index in [4.69, 9.17) is 17.0 Å². The molecule has 0 heterocycles. The number of nitro groups is 1. The minimum atomic E-state index is -0.468. The third kappa shape index (κ3) is 6.50. The van der Waals surface area contributed by atoms with Gasteiger partial charge in [0.2, 0.25) is 0 Å². The van der Waals surface area contributed by atoms with Crippen molar-refractivity contribution in [2.45, 2.75) is 27.2 Å². The highest BCUT2D eigenvalue weighted by Gasteiger charge is 2.17. The van der Waals surface area contributed by atoms with Crippen LogP contribution in [0.5, 0.6) is 5.75 Å². The highest BCUT2D eigenvalue weighted by molar-refractivity contribution is 9.10. The van der Waals surface area contributed by atoms with Gasteiger partial charge in [0.25, 0.3) is 11.6 Å². The Labute approximate surface area is 183 Å². The van der Waals surface area contributed by atoms with Gasteiger partial charge in [0, 0.05) is 10.5 Å². The number of ether oxygens (including phenoxy) is 1. The first-order chi connectivity index (χ1) is 13.7. The van der Waals surface area contributed by atoms with Gasteiger partial charge in [-0.25, -0.2) is 0 Å². The van der Waals surface area contributed by atoms with Gasteiger partial charge in [-0.1, -0.05) is 35.8 Å². The summed E-state index contributed by atoms with van der Waals surface area (Å²) in [6.45, 7) is 6.30. The van der Waals surface area contributed by atoms with E-state index in [1.807, 2.05) is 0 Å². The number of thiocarbonyl (C=S) groups is 1. The van der Waals surface area contributed by atoms with Crippen molar-refractivity contribution in [2.24, 2.45) is 5.92 Å². The van der Waals surface area contributed by atoms with Crippen LogP contribution in [0.25, 0.3) is 0 Å². The van der Waals surface area contributed by atoms with E-state index < -0.39 is 10.8 Å². The Morgan fingerprint density at radius 1 is 1.31 bits per heavy atom. The lowest BCUT2D eigenvalue weighted by molar-refractivity contribution is -0.385. The van der Waals surface area contributed by atoms with Gasteiger partial charge in [-0.05, 0) is 55.7 Å². The van der Waals surface area contributed by atoms with Crippen molar-refractivity contribution in [1.82, 2.24) is 5.32 Å². The van der Waals surface area contributed by atoms with E-state index in [0.29, 0.717) is 35.1 Å². The standard InChI is InChI=1S/C20H22BrN3O4S/c1-12(2)9-10-28-18-8-7-14(21)11-15(18)19(25)23-20(29)22-16-5-4-6-17(13(16)3)24(26)27/h4-8,11-12H,9-10H2,1-3H3,(H2,22,23,25,29). The number of anilines is 1. The van der Waals surface area contributed by atoms with Crippen molar-refractivity contribution in [3.8, 4) is 5.75 Å². The SMILES string of the molecule is Cc1c(NC(=S)NC(=O)c2cc(Br)ccc2OCCC(C)C)cccc1[N+](=O)[O-]. The van der Waals surface area contributed by atoms with Gasteiger partial charge in [0.1, 0.15) is 5.75 Å². The van der Waals surface area contributed by atoms with Crippen LogP contribution in [0.2, 0.25) is 0 Å². The molecule has 2 aromatic rings. The topological polar surface area (TPSA) is 93.5 Å². The minimum Gasteiger partial charge on any atom is -0.493 e. The van der Waals surface area contributed by atoms with E-state index in [2.05, 4.69) is 40.4 Å². The number of carbonyl (C=O) groups excluding carboxylic acids is 1. The molecule has 2 rings (SSSR count). The fourth-order valence-corrected chi connectivity index (χ4v) is 3.05. The number of nitro benzene ring substituents is 1. The van der Waals surface area contributed by atoms with Crippen molar-refractivity contribution in [1.29, 1.82) is 0 Å². The predicted molar refractivity (Wildman–Crippen MR) is 121 cm³/mol. The lowest BCUT2D eigenvalue weighted by Crippen LogP contribution is -2.34. The first kappa shape index (κ1) is 22.8. The molecule has 0 unspecified atom stereocenters. The van der Waals surface area contributed by atoms with Crippen LogP contribution >= 0.6 is 28.1 Å². The summed E-state index contributed by atoms with van der Waals surface area (Å²) in [5.41, 5.74) is 1.18. The summed E-state index contributed by atoms with van der Waals surface area (Å²) in [6, 6.07) is 9.78. The maximum atomic E-state index is 12.7. The van der Waals surface area contributed by atoms with E-state index in [1.54, 1.807) is 37.3 Å². The van der Waals surface area contributed by atoms with Gasteiger partial charge in [-0.3, -0.25) is 20.2 Å². The summed E-state index contributed by atoms with van der Waals surface area (Å²) >= 11 is 8.57. The van der Waals surface area contributed by atoms with Gasteiger partial charge >= 0.3 is 0 Å². The molecule has 0 aromatic heterocycles. The molecular formula is C20H22BrN3O4S. The molecule has 0 bridgehead atoms. The summed E-state index contributed by atoms with van der Waals surface area (Å²) in [4.78, 5) is 23.3. The van der Waals surface area contributed by atoms with E-state index in [1.165, 1.54) is 6.07 Å². The molecule has 0 aliphatic rings. The monoisotopic (exact) mass is 479 g/mol. The third-order valence-corrected chi connectivity index (χ3v) is 4.81. The summed E-state index contributed by atoms with van der Waals surface area (Å²) in [5, 5.41) is 16.6. The lowest BCUT2D eigenvalue weighted by Gasteiger charge is -2.15. The molecule has 0 aliphatic carbocycles. The third-order valence-electron chi connectivity index (χ3n) is 4.12. The number of carbonyl (C=O) groups is 1. The lowest BCUT2D eigenvalue weighted by atomic mass is 10.1. The van der Waals surface area contributed by atoms with Crippen LogP contribution in [0, 0.1) is 23.0 Å². The van der Waals surface area contributed by atoms with Gasteiger partial charge in [-0.2, -0.15) is 0 Å². The van der Waals surface area contributed by atoms with Crippen molar-refractivity contribution in [3.63, 3.8) is 0 Å². The van der Waals surface area contributed by atoms with Crippen LogP contribution in [-0.4, -0.2) is 22.5 Å². The van der Waals surface area contributed by atoms with E-state index in [-0.39, 0.29) is 10.8 Å². The second kappa shape index (κ2) is 10.3. The van der Waals surface area contributed by atoms with E-state index in [0.717, 1.165) is 10.9 Å². The normalized spacial score (nSPS) is 10.5. The number of halogens is 1. The predicted octanol–water partition coefficient (Wildman–Crippen LogP) is 5.22. The van der Waals surface area contributed by atoms with Crippen LogP contribution < -0.4 is 15.4 Å². The Kier molecular flexibility index (Phi) is 8.10. The number of hydrogen-bond acceptors (Lipinski definition) is 5. The number of rotatable bonds is 7.